The zero-order chi connectivity index (χ0) is 23.4. The SMILES string of the molecule is CN(C[C@H]1COc2ccccc2O1)C(=O)CCNS(=O)(=O)c1ccc(OC(F)(F)F)cc1. The highest BCUT2D eigenvalue weighted by Gasteiger charge is 2.31. The summed E-state index contributed by atoms with van der Waals surface area (Å²) in [5, 5.41) is 0. The second-order valence-corrected chi connectivity index (χ2v) is 8.71. The molecule has 0 radical (unpaired) electrons. The van der Waals surface area contributed by atoms with E-state index in [2.05, 4.69) is 9.46 Å². The lowest BCUT2D eigenvalue weighted by molar-refractivity contribution is -0.274. The average molecular weight is 474 g/mol. The number of likely N-dealkylation sites (N-methyl/N-ethyl adjacent to an activating group) is 1. The summed E-state index contributed by atoms with van der Waals surface area (Å²) < 4.78 is 78.5. The molecule has 1 heterocycles. The number of fused-ring (bicyclic) bond motifs is 1. The summed E-state index contributed by atoms with van der Waals surface area (Å²) in [5.74, 6) is 0.364. The third-order valence-corrected chi connectivity index (χ3v) is 5.95. The van der Waals surface area contributed by atoms with Crippen LogP contribution in [0.25, 0.3) is 0 Å². The summed E-state index contributed by atoms with van der Waals surface area (Å²) in [5.41, 5.74) is 0. The lowest BCUT2D eigenvalue weighted by Gasteiger charge is -2.29. The van der Waals surface area contributed by atoms with Crippen molar-refractivity contribution in [1.82, 2.24) is 9.62 Å². The number of halogens is 3. The maximum absolute atomic E-state index is 12.3. The largest absolute Gasteiger partial charge is 0.573 e. The van der Waals surface area contributed by atoms with Gasteiger partial charge in [0, 0.05) is 20.0 Å². The normalized spacial score (nSPS) is 15.8. The van der Waals surface area contributed by atoms with E-state index >= 15 is 0 Å². The Balaban J connectivity index is 1.46. The smallest absolute Gasteiger partial charge is 0.486 e. The minimum absolute atomic E-state index is 0.116. The minimum Gasteiger partial charge on any atom is -0.486 e. The van der Waals surface area contributed by atoms with E-state index in [9.17, 15) is 26.4 Å². The molecular formula is C20H21F3N2O6S. The van der Waals surface area contributed by atoms with Crippen molar-refractivity contribution in [3.63, 3.8) is 0 Å². The molecule has 0 saturated carbocycles. The first-order valence-electron chi connectivity index (χ1n) is 9.51. The van der Waals surface area contributed by atoms with Crippen LogP contribution in [0.4, 0.5) is 13.2 Å². The van der Waals surface area contributed by atoms with Crippen molar-refractivity contribution < 1.29 is 40.6 Å². The van der Waals surface area contributed by atoms with Crippen LogP contribution >= 0.6 is 0 Å². The molecule has 1 atom stereocenters. The second-order valence-electron chi connectivity index (χ2n) is 6.94. The van der Waals surface area contributed by atoms with Gasteiger partial charge < -0.3 is 19.1 Å². The van der Waals surface area contributed by atoms with Crippen LogP contribution in [0.5, 0.6) is 17.2 Å². The Morgan fingerprint density at radius 3 is 2.47 bits per heavy atom. The molecule has 32 heavy (non-hydrogen) atoms. The fraction of sp³-hybridized carbons (Fsp3) is 0.350. The van der Waals surface area contributed by atoms with Crippen LogP contribution in [0.2, 0.25) is 0 Å². The van der Waals surface area contributed by atoms with E-state index in [1.807, 2.05) is 12.1 Å². The van der Waals surface area contributed by atoms with Crippen molar-refractivity contribution in [2.45, 2.75) is 23.8 Å². The number of hydrogen-bond donors (Lipinski definition) is 1. The van der Waals surface area contributed by atoms with E-state index < -0.39 is 22.1 Å². The third-order valence-electron chi connectivity index (χ3n) is 4.47. The first-order valence-corrected chi connectivity index (χ1v) is 11.0. The Labute approximate surface area is 182 Å². The molecular weight excluding hydrogens is 453 g/mol. The highest BCUT2D eigenvalue weighted by molar-refractivity contribution is 7.89. The van der Waals surface area contributed by atoms with Crippen molar-refractivity contribution >= 4 is 15.9 Å². The van der Waals surface area contributed by atoms with Gasteiger partial charge in [0.2, 0.25) is 15.9 Å². The Bertz CT molecular complexity index is 1040. The van der Waals surface area contributed by atoms with Crippen molar-refractivity contribution in [3.05, 3.63) is 48.5 Å². The number of carbonyl (C=O) groups is 1. The van der Waals surface area contributed by atoms with E-state index in [1.165, 1.54) is 4.90 Å². The summed E-state index contributed by atoms with van der Waals surface area (Å²) in [6.45, 7) is 0.340. The number of hydrogen-bond acceptors (Lipinski definition) is 6. The van der Waals surface area contributed by atoms with Gasteiger partial charge in [-0.15, -0.1) is 13.2 Å². The lowest BCUT2D eigenvalue weighted by atomic mass is 10.2. The van der Waals surface area contributed by atoms with Gasteiger partial charge in [-0.2, -0.15) is 0 Å². The number of para-hydroxylation sites is 2. The maximum atomic E-state index is 12.3. The van der Waals surface area contributed by atoms with Crippen LogP contribution in [0.15, 0.2) is 53.4 Å². The molecule has 1 amide bonds. The van der Waals surface area contributed by atoms with Gasteiger partial charge in [0.05, 0.1) is 11.4 Å². The topological polar surface area (TPSA) is 94.2 Å². The zero-order valence-corrected chi connectivity index (χ0v) is 17.8. The second kappa shape index (κ2) is 9.65. The van der Waals surface area contributed by atoms with Gasteiger partial charge in [-0.25, -0.2) is 13.1 Å². The summed E-state index contributed by atoms with van der Waals surface area (Å²) in [6, 6.07) is 10.9. The average Bonchev–Trinajstić information content (AvgIpc) is 2.72. The van der Waals surface area contributed by atoms with Gasteiger partial charge in [0.15, 0.2) is 17.6 Å². The quantitative estimate of drug-likeness (QED) is 0.632. The summed E-state index contributed by atoms with van der Waals surface area (Å²) in [4.78, 5) is 13.5. The molecule has 0 saturated heterocycles. The molecule has 1 aliphatic heterocycles. The lowest BCUT2D eigenvalue weighted by Crippen LogP contribution is -2.42. The monoisotopic (exact) mass is 474 g/mol. The standard InChI is InChI=1S/C20H21F3N2O6S/c1-25(12-15-13-29-17-4-2-3-5-18(17)30-15)19(26)10-11-24-32(27,28)16-8-6-14(7-9-16)31-20(21,22)23/h2-9,15,24H,10-13H2,1H3/t15-/m0/s1. The third kappa shape index (κ3) is 6.50. The van der Waals surface area contributed by atoms with Gasteiger partial charge in [-0.1, -0.05) is 12.1 Å². The molecule has 3 rings (SSSR count). The van der Waals surface area contributed by atoms with Gasteiger partial charge in [0.1, 0.15) is 12.4 Å². The molecule has 0 spiro atoms. The molecule has 8 nitrogen and oxygen atoms in total. The van der Waals surface area contributed by atoms with E-state index in [1.54, 1.807) is 19.2 Å². The highest BCUT2D eigenvalue weighted by atomic mass is 32.2. The number of benzene rings is 2. The number of carbonyl (C=O) groups excluding carboxylic acids is 1. The summed E-state index contributed by atoms with van der Waals surface area (Å²) in [6.07, 6.45) is -5.36. The highest BCUT2D eigenvalue weighted by Crippen LogP contribution is 2.31. The zero-order valence-electron chi connectivity index (χ0n) is 17.0. The number of sulfonamides is 1. The predicted molar refractivity (Wildman–Crippen MR) is 107 cm³/mol. The first kappa shape index (κ1) is 23.7. The Hall–Kier alpha value is -2.99. The Morgan fingerprint density at radius 2 is 1.81 bits per heavy atom. The minimum atomic E-state index is -4.87. The molecule has 0 fully saturated rings. The van der Waals surface area contributed by atoms with Crippen LogP contribution in [0.3, 0.4) is 0 Å². The molecule has 1 N–H and O–H groups in total. The molecule has 0 aromatic heterocycles. The van der Waals surface area contributed by atoms with E-state index in [0.29, 0.717) is 11.5 Å². The fourth-order valence-electron chi connectivity index (χ4n) is 2.95. The van der Waals surface area contributed by atoms with Crippen LogP contribution in [-0.4, -0.2) is 58.4 Å². The van der Waals surface area contributed by atoms with Crippen molar-refractivity contribution in [3.8, 4) is 17.2 Å². The number of ether oxygens (including phenoxy) is 3. The van der Waals surface area contributed by atoms with Crippen molar-refractivity contribution in [2.75, 3.05) is 26.7 Å². The number of amides is 1. The molecule has 1 aliphatic rings. The molecule has 12 heteroatoms. The number of alkyl halides is 3. The van der Waals surface area contributed by atoms with E-state index in [-0.39, 0.29) is 43.0 Å². The van der Waals surface area contributed by atoms with Crippen LogP contribution < -0.4 is 18.9 Å². The van der Waals surface area contributed by atoms with Gasteiger partial charge in [-0.05, 0) is 36.4 Å². The number of rotatable bonds is 8. The summed E-state index contributed by atoms with van der Waals surface area (Å²) in [7, 11) is -2.44. The van der Waals surface area contributed by atoms with Gasteiger partial charge in [0.25, 0.3) is 0 Å². The molecule has 0 aliphatic carbocycles. The van der Waals surface area contributed by atoms with Crippen molar-refractivity contribution in [2.24, 2.45) is 0 Å². The molecule has 2 aromatic carbocycles. The van der Waals surface area contributed by atoms with Crippen LogP contribution in [-0.2, 0) is 14.8 Å². The van der Waals surface area contributed by atoms with Gasteiger partial charge >= 0.3 is 6.36 Å². The van der Waals surface area contributed by atoms with Gasteiger partial charge in [-0.3, -0.25) is 4.79 Å². The van der Waals surface area contributed by atoms with Crippen molar-refractivity contribution in [1.29, 1.82) is 0 Å². The Morgan fingerprint density at radius 1 is 1.16 bits per heavy atom. The predicted octanol–water partition coefficient (Wildman–Crippen LogP) is 2.55. The van der Waals surface area contributed by atoms with E-state index in [4.69, 9.17) is 9.47 Å². The fourth-order valence-corrected chi connectivity index (χ4v) is 3.98. The molecule has 0 bridgehead atoms. The maximum Gasteiger partial charge on any atom is 0.573 e. The molecule has 2 aromatic rings. The number of nitrogens with zero attached hydrogens (tertiary/aromatic N) is 1. The number of nitrogens with one attached hydrogen (secondary N) is 1. The summed E-state index contributed by atoms with van der Waals surface area (Å²) >= 11 is 0. The first-order chi connectivity index (χ1) is 15.0. The van der Waals surface area contributed by atoms with Crippen LogP contribution in [0, 0.1) is 0 Å². The Kier molecular flexibility index (Phi) is 7.14. The molecule has 174 valence electrons. The van der Waals surface area contributed by atoms with E-state index in [0.717, 1.165) is 24.3 Å². The van der Waals surface area contributed by atoms with Crippen LogP contribution in [0.1, 0.15) is 6.42 Å². The molecule has 0 unspecified atom stereocenters.